The zero-order chi connectivity index (χ0) is 27.6. The van der Waals surface area contributed by atoms with E-state index in [-0.39, 0.29) is 18.3 Å². The Kier molecular flexibility index (Phi) is 9.56. The fraction of sp³-hybridized carbons (Fsp3) is 0.172. The normalized spacial score (nSPS) is 14.7. The van der Waals surface area contributed by atoms with Crippen LogP contribution in [0.3, 0.4) is 0 Å². The van der Waals surface area contributed by atoms with E-state index in [1.807, 2.05) is 54.6 Å². The Balaban J connectivity index is 1.59. The quantitative estimate of drug-likeness (QED) is 0.234. The van der Waals surface area contributed by atoms with Gasteiger partial charge in [-0.05, 0) is 30.2 Å². The van der Waals surface area contributed by atoms with Gasteiger partial charge in [-0.25, -0.2) is 9.78 Å². The molecule has 1 aliphatic rings. The van der Waals surface area contributed by atoms with E-state index in [1.165, 1.54) is 29.2 Å². The van der Waals surface area contributed by atoms with E-state index in [0.717, 1.165) is 11.1 Å². The standard InChI is InChI=1S/C29H26N4O4S2/c1-3-14-36-28(35)25-19(2)32-27(39-18-24(34)33-29-31-13-15-38-29)23(16-30)26(25)21-9-11-22(12-10-21)37-17-20-7-5-4-6-8-20/h3-13,15,26,32H,1,14,17-18H2,2H3,(H,31,33,34)/t26-/m1/s1. The largest absolute Gasteiger partial charge is 0.489 e. The summed E-state index contributed by atoms with van der Waals surface area (Å²) in [5.41, 5.74) is 2.94. The minimum absolute atomic E-state index is 0.0404. The molecule has 2 aromatic carbocycles. The second-order valence-electron chi connectivity index (χ2n) is 8.36. The zero-order valence-corrected chi connectivity index (χ0v) is 22.8. The molecule has 0 spiro atoms. The number of nitrogens with one attached hydrogen (secondary N) is 2. The molecule has 0 unspecified atom stereocenters. The molecule has 0 saturated carbocycles. The van der Waals surface area contributed by atoms with Gasteiger partial charge in [0.15, 0.2) is 5.13 Å². The molecule has 39 heavy (non-hydrogen) atoms. The van der Waals surface area contributed by atoms with Gasteiger partial charge in [-0.1, -0.05) is 66.9 Å². The third-order valence-corrected chi connectivity index (χ3v) is 7.39. The second kappa shape index (κ2) is 13.5. The van der Waals surface area contributed by atoms with Crippen molar-refractivity contribution in [2.24, 2.45) is 0 Å². The number of dihydropyridines is 1. The summed E-state index contributed by atoms with van der Waals surface area (Å²) in [5, 5.41) is 18.9. The van der Waals surface area contributed by atoms with Crippen LogP contribution >= 0.6 is 23.1 Å². The van der Waals surface area contributed by atoms with Crippen LogP contribution in [0.15, 0.2) is 101 Å². The SMILES string of the molecule is C=CCOC(=O)C1=C(C)NC(SCC(=O)Nc2nccs2)=C(C#N)[C@H]1c1ccc(OCc2ccccc2)cc1. The third-order valence-electron chi connectivity index (χ3n) is 5.69. The maximum Gasteiger partial charge on any atom is 0.337 e. The van der Waals surface area contributed by atoms with Gasteiger partial charge in [0.1, 0.15) is 19.0 Å². The third kappa shape index (κ3) is 7.16. The van der Waals surface area contributed by atoms with E-state index in [9.17, 15) is 14.9 Å². The van der Waals surface area contributed by atoms with Gasteiger partial charge in [0.05, 0.1) is 33.9 Å². The molecule has 1 atom stereocenters. The predicted octanol–water partition coefficient (Wildman–Crippen LogP) is 5.52. The van der Waals surface area contributed by atoms with Crippen molar-refractivity contribution in [1.82, 2.24) is 10.3 Å². The average Bonchev–Trinajstić information content (AvgIpc) is 3.47. The lowest BCUT2D eigenvalue weighted by Crippen LogP contribution is -2.29. The Morgan fingerprint density at radius 3 is 2.67 bits per heavy atom. The van der Waals surface area contributed by atoms with Crippen molar-refractivity contribution in [1.29, 1.82) is 5.26 Å². The van der Waals surface area contributed by atoms with Gasteiger partial charge in [-0.15, -0.1) is 11.3 Å². The maximum absolute atomic E-state index is 13.1. The van der Waals surface area contributed by atoms with Crippen LogP contribution in [0.5, 0.6) is 5.75 Å². The minimum Gasteiger partial charge on any atom is -0.489 e. The van der Waals surface area contributed by atoms with Gasteiger partial charge in [0, 0.05) is 17.3 Å². The number of rotatable bonds is 11. The summed E-state index contributed by atoms with van der Waals surface area (Å²) >= 11 is 2.51. The summed E-state index contributed by atoms with van der Waals surface area (Å²) in [7, 11) is 0. The first kappa shape index (κ1) is 27.7. The highest BCUT2D eigenvalue weighted by molar-refractivity contribution is 8.03. The average molecular weight is 559 g/mol. The van der Waals surface area contributed by atoms with Gasteiger partial charge in [-0.3, -0.25) is 4.79 Å². The lowest BCUT2D eigenvalue weighted by molar-refractivity contribution is -0.138. The monoisotopic (exact) mass is 558 g/mol. The molecule has 0 saturated heterocycles. The lowest BCUT2D eigenvalue weighted by atomic mass is 9.82. The van der Waals surface area contributed by atoms with Crippen LogP contribution in [0, 0.1) is 11.3 Å². The molecule has 1 aromatic heterocycles. The topological polar surface area (TPSA) is 113 Å². The number of ether oxygens (including phenoxy) is 2. The summed E-state index contributed by atoms with van der Waals surface area (Å²) in [6.45, 7) is 5.81. The number of esters is 1. The van der Waals surface area contributed by atoms with E-state index in [4.69, 9.17) is 9.47 Å². The summed E-state index contributed by atoms with van der Waals surface area (Å²) in [6, 6.07) is 19.4. The van der Waals surface area contributed by atoms with Gasteiger partial charge in [0.25, 0.3) is 0 Å². The smallest absolute Gasteiger partial charge is 0.337 e. The summed E-state index contributed by atoms with van der Waals surface area (Å²) in [6.07, 6.45) is 3.09. The second-order valence-corrected chi connectivity index (χ2v) is 10.2. The molecule has 0 bridgehead atoms. The molecule has 3 aromatic rings. The van der Waals surface area contributed by atoms with E-state index in [2.05, 4.69) is 28.3 Å². The Morgan fingerprint density at radius 1 is 1.23 bits per heavy atom. The van der Waals surface area contributed by atoms with Crippen molar-refractivity contribution >= 4 is 40.1 Å². The number of carbonyl (C=O) groups is 2. The number of benzene rings is 2. The van der Waals surface area contributed by atoms with Gasteiger partial charge in [-0.2, -0.15) is 5.26 Å². The van der Waals surface area contributed by atoms with Gasteiger partial charge in [0.2, 0.25) is 5.91 Å². The first-order valence-corrected chi connectivity index (χ1v) is 13.9. The van der Waals surface area contributed by atoms with Crippen molar-refractivity contribution in [3.8, 4) is 11.8 Å². The molecule has 4 rings (SSSR count). The molecule has 0 radical (unpaired) electrons. The van der Waals surface area contributed by atoms with Crippen LogP contribution < -0.4 is 15.4 Å². The van der Waals surface area contributed by atoms with Crippen LogP contribution in [-0.4, -0.2) is 29.2 Å². The summed E-state index contributed by atoms with van der Waals surface area (Å²) in [4.78, 5) is 29.6. The highest BCUT2D eigenvalue weighted by Crippen LogP contribution is 2.41. The predicted molar refractivity (Wildman–Crippen MR) is 153 cm³/mol. The Hall–Kier alpha value is -4.33. The molecular formula is C29H26N4O4S2. The number of hydrogen-bond acceptors (Lipinski definition) is 9. The number of nitrogens with zero attached hydrogens (tertiary/aromatic N) is 2. The van der Waals surface area contributed by atoms with E-state index >= 15 is 0 Å². The minimum atomic E-state index is -0.693. The van der Waals surface area contributed by atoms with Crippen molar-refractivity contribution in [3.05, 3.63) is 112 Å². The van der Waals surface area contributed by atoms with E-state index in [1.54, 1.807) is 18.5 Å². The highest BCUT2D eigenvalue weighted by Gasteiger charge is 2.35. The number of thioether (sulfide) groups is 1. The number of aromatic nitrogens is 1. The van der Waals surface area contributed by atoms with Crippen LogP contribution in [-0.2, 0) is 20.9 Å². The highest BCUT2D eigenvalue weighted by atomic mass is 32.2. The Bertz CT molecular complexity index is 1430. The van der Waals surface area contributed by atoms with Crippen molar-refractivity contribution in [2.45, 2.75) is 19.4 Å². The molecule has 10 heteroatoms. The summed E-state index contributed by atoms with van der Waals surface area (Å²) < 4.78 is 11.3. The number of allylic oxidation sites excluding steroid dienone is 2. The number of amides is 1. The lowest BCUT2D eigenvalue weighted by Gasteiger charge is -2.29. The fourth-order valence-electron chi connectivity index (χ4n) is 3.92. The molecular weight excluding hydrogens is 532 g/mol. The first-order valence-electron chi connectivity index (χ1n) is 12.0. The summed E-state index contributed by atoms with van der Waals surface area (Å²) in [5.74, 6) is -0.788. The zero-order valence-electron chi connectivity index (χ0n) is 21.2. The number of thiazole rings is 1. The molecule has 8 nitrogen and oxygen atoms in total. The molecule has 0 fully saturated rings. The number of nitriles is 1. The van der Waals surface area contributed by atoms with Gasteiger partial charge < -0.3 is 20.1 Å². The van der Waals surface area contributed by atoms with E-state index < -0.39 is 11.9 Å². The number of hydrogen-bond donors (Lipinski definition) is 2. The molecule has 1 aliphatic heterocycles. The molecule has 0 aliphatic carbocycles. The number of carbonyl (C=O) groups excluding carboxylic acids is 2. The Labute approximate surface area is 235 Å². The fourth-order valence-corrected chi connectivity index (χ4v) is 5.36. The first-order chi connectivity index (χ1) is 19.0. The van der Waals surface area contributed by atoms with Crippen LogP contribution in [0.4, 0.5) is 5.13 Å². The van der Waals surface area contributed by atoms with Crippen molar-refractivity contribution in [2.75, 3.05) is 17.7 Å². The van der Waals surface area contributed by atoms with Crippen molar-refractivity contribution < 1.29 is 19.1 Å². The molecule has 2 heterocycles. The maximum atomic E-state index is 13.1. The molecule has 2 N–H and O–H groups in total. The van der Waals surface area contributed by atoms with E-state index in [0.29, 0.717) is 39.4 Å². The van der Waals surface area contributed by atoms with Gasteiger partial charge >= 0.3 is 5.97 Å². The molecule has 1 amide bonds. The van der Waals surface area contributed by atoms with Crippen LogP contribution in [0.2, 0.25) is 0 Å². The number of anilines is 1. The molecule has 198 valence electrons. The Morgan fingerprint density at radius 2 is 2.00 bits per heavy atom. The van der Waals surface area contributed by atoms with Crippen molar-refractivity contribution in [3.63, 3.8) is 0 Å². The van der Waals surface area contributed by atoms with Crippen LogP contribution in [0.1, 0.15) is 24.0 Å². The van der Waals surface area contributed by atoms with Crippen LogP contribution in [0.25, 0.3) is 0 Å².